The quantitative estimate of drug-likeness (QED) is 0.644. The number of aromatic nitrogens is 1. The predicted molar refractivity (Wildman–Crippen MR) is 116 cm³/mol. The topological polar surface area (TPSA) is 54.3 Å². The number of hydrogen-bond acceptors (Lipinski definition) is 2. The lowest BCUT2D eigenvalue weighted by atomic mass is 9.96. The Labute approximate surface area is 175 Å². The van der Waals surface area contributed by atoms with E-state index in [1.807, 2.05) is 24.0 Å². The lowest BCUT2D eigenvalue weighted by Crippen LogP contribution is -2.44. The fraction of sp³-hybridized carbons (Fsp3) is 0.545. The van der Waals surface area contributed by atoms with Gasteiger partial charge >= 0.3 is 0 Å². The van der Waals surface area contributed by atoms with Crippen molar-refractivity contribution < 1.29 is 9.59 Å². The second-order valence-electron chi connectivity index (χ2n) is 7.66. The molecule has 0 unspecified atom stereocenters. The van der Waals surface area contributed by atoms with Gasteiger partial charge in [-0.15, -0.1) is 0 Å². The van der Waals surface area contributed by atoms with Crippen LogP contribution in [0.3, 0.4) is 0 Å². The molecule has 1 aromatic heterocycles. The molecule has 1 fully saturated rings. The van der Waals surface area contributed by atoms with E-state index in [-0.39, 0.29) is 17.7 Å². The first-order chi connectivity index (χ1) is 13.5. The van der Waals surface area contributed by atoms with Crippen LogP contribution in [0.25, 0.3) is 10.9 Å². The monoisotopic (exact) mass is 447 g/mol. The molecule has 0 saturated carbocycles. The van der Waals surface area contributed by atoms with Crippen LogP contribution >= 0.6 is 15.9 Å². The first kappa shape index (κ1) is 20.9. The van der Waals surface area contributed by atoms with E-state index in [2.05, 4.69) is 44.9 Å². The summed E-state index contributed by atoms with van der Waals surface area (Å²) in [4.78, 5) is 27.1. The summed E-state index contributed by atoms with van der Waals surface area (Å²) in [6.45, 7) is 6.61. The van der Waals surface area contributed by atoms with Crippen molar-refractivity contribution in [3.63, 3.8) is 0 Å². The number of para-hydroxylation sites is 1. The molecule has 0 aliphatic carbocycles. The molecule has 5 nitrogen and oxygen atoms in total. The van der Waals surface area contributed by atoms with Crippen LogP contribution in [-0.2, 0) is 16.1 Å². The van der Waals surface area contributed by atoms with Gasteiger partial charge in [0.05, 0.1) is 0 Å². The summed E-state index contributed by atoms with van der Waals surface area (Å²) in [5.74, 6) is 0.312. The van der Waals surface area contributed by atoms with Crippen molar-refractivity contribution in [2.75, 3.05) is 19.6 Å². The lowest BCUT2D eigenvalue weighted by molar-refractivity contribution is -0.136. The summed E-state index contributed by atoms with van der Waals surface area (Å²) in [5.41, 5.74) is 2.14. The minimum absolute atomic E-state index is 0.0361. The van der Waals surface area contributed by atoms with E-state index >= 15 is 0 Å². The molecular formula is C22H30BrN3O2. The van der Waals surface area contributed by atoms with Crippen LogP contribution in [0.15, 0.2) is 28.7 Å². The van der Waals surface area contributed by atoms with E-state index in [9.17, 15) is 9.59 Å². The molecule has 28 heavy (non-hydrogen) atoms. The van der Waals surface area contributed by atoms with Crippen LogP contribution in [0.5, 0.6) is 0 Å². The molecular weight excluding hydrogens is 418 g/mol. The number of unbranched alkanes of at least 4 members (excludes halogenated alkanes) is 2. The molecule has 2 amide bonds. The largest absolute Gasteiger partial charge is 0.356 e. The van der Waals surface area contributed by atoms with E-state index in [4.69, 9.17) is 0 Å². The molecule has 2 aromatic rings. The Balaban J connectivity index is 1.55. The standard InChI is InChI=1S/C22H30BrN3O2/c1-3-4-7-12-24-22(28)17-10-13-25(14-11-17)20(27)15-26-16(2)21(23)18-8-5-6-9-19(18)26/h5-6,8-9,17H,3-4,7,10-15H2,1-2H3,(H,24,28). The van der Waals surface area contributed by atoms with Gasteiger partial charge in [-0.2, -0.15) is 0 Å². The fourth-order valence-electron chi connectivity index (χ4n) is 3.95. The van der Waals surface area contributed by atoms with E-state index in [1.54, 1.807) is 0 Å². The average molecular weight is 448 g/mol. The number of hydrogen-bond donors (Lipinski definition) is 1. The Morgan fingerprint density at radius 2 is 1.89 bits per heavy atom. The summed E-state index contributed by atoms with van der Waals surface area (Å²) in [5, 5.41) is 4.18. The molecule has 0 bridgehead atoms. The Kier molecular flexibility index (Phi) is 7.16. The van der Waals surface area contributed by atoms with Gasteiger partial charge in [-0.3, -0.25) is 9.59 Å². The van der Waals surface area contributed by atoms with Crippen molar-refractivity contribution in [3.8, 4) is 0 Å². The van der Waals surface area contributed by atoms with Gasteiger partial charge in [-0.1, -0.05) is 38.0 Å². The van der Waals surface area contributed by atoms with Gasteiger partial charge in [-0.05, 0) is 48.2 Å². The summed E-state index contributed by atoms with van der Waals surface area (Å²) >= 11 is 3.65. The maximum atomic E-state index is 12.9. The number of carbonyl (C=O) groups is 2. The number of nitrogens with one attached hydrogen (secondary N) is 1. The van der Waals surface area contributed by atoms with Crippen LogP contribution in [0.1, 0.15) is 44.7 Å². The highest BCUT2D eigenvalue weighted by molar-refractivity contribution is 9.10. The molecule has 1 aromatic carbocycles. The van der Waals surface area contributed by atoms with Crippen molar-refractivity contribution in [2.45, 2.75) is 52.5 Å². The highest BCUT2D eigenvalue weighted by Crippen LogP contribution is 2.30. The smallest absolute Gasteiger partial charge is 0.242 e. The van der Waals surface area contributed by atoms with Crippen LogP contribution in [-0.4, -0.2) is 40.9 Å². The molecule has 3 rings (SSSR count). The minimum atomic E-state index is 0.0361. The predicted octanol–water partition coefficient (Wildman–Crippen LogP) is 4.26. The van der Waals surface area contributed by atoms with Gasteiger partial charge in [0.15, 0.2) is 0 Å². The van der Waals surface area contributed by atoms with Crippen molar-refractivity contribution in [1.82, 2.24) is 14.8 Å². The van der Waals surface area contributed by atoms with E-state index < -0.39 is 0 Å². The Hall–Kier alpha value is -1.82. The number of halogens is 1. The summed E-state index contributed by atoms with van der Waals surface area (Å²) < 4.78 is 3.13. The first-order valence-electron chi connectivity index (χ1n) is 10.3. The molecule has 0 spiro atoms. The normalized spacial score (nSPS) is 15.2. The fourth-order valence-corrected chi connectivity index (χ4v) is 4.50. The van der Waals surface area contributed by atoms with Gasteiger partial charge in [0.25, 0.3) is 0 Å². The highest BCUT2D eigenvalue weighted by atomic mass is 79.9. The van der Waals surface area contributed by atoms with Crippen molar-refractivity contribution in [1.29, 1.82) is 0 Å². The third-order valence-corrected chi connectivity index (χ3v) is 6.75. The van der Waals surface area contributed by atoms with Crippen molar-refractivity contribution in [2.24, 2.45) is 5.92 Å². The number of piperidine rings is 1. The summed E-state index contributed by atoms with van der Waals surface area (Å²) in [6, 6.07) is 8.13. The van der Waals surface area contributed by atoms with Gasteiger partial charge < -0.3 is 14.8 Å². The SMILES string of the molecule is CCCCCNC(=O)C1CCN(C(=O)Cn2c(C)c(Br)c3ccccc32)CC1. The second kappa shape index (κ2) is 9.59. The number of likely N-dealkylation sites (tertiary alicyclic amines) is 1. The highest BCUT2D eigenvalue weighted by Gasteiger charge is 2.27. The molecule has 1 aliphatic heterocycles. The average Bonchev–Trinajstić information content (AvgIpc) is 2.96. The Bertz CT molecular complexity index is 838. The number of rotatable bonds is 7. The van der Waals surface area contributed by atoms with Crippen molar-refractivity contribution >= 4 is 38.6 Å². The first-order valence-corrected chi connectivity index (χ1v) is 11.1. The minimum Gasteiger partial charge on any atom is -0.356 e. The van der Waals surface area contributed by atoms with Crippen LogP contribution in [0.2, 0.25) is 0 Å². The van der Waals surface area contributed by atoms with Gasteiger partial charge in [0.2, 0.25) is 11.8 Å². The zero-order chi connectivity index (χ0) is 20.1. The molecule has 152 valence electrons. The molecule has 2 heterocycles. The maximum Gasteiger partial charge on any atom is 0.242 e. The van der Waals surface area contributed by atoms with Gasteiger partial charge in [0.1, 0.15) is 6.54 Å². The molecule has 6 heteroatoms. The molecule has 1 saturated heterocycles. The molecule has 1 aliphatic rings. The zero-order valence-electron chi connectivity index (χ0n) is 16.8. The number of benzene rings is 1. The molecule has 0 atom stereocenters. The third kappa shape index (κ3) is 4.59. The number of fused-ring (bicyclic) bond motifs is 1. The van der Waals surface area contributed by atoms with Gasteiger partial charge in [0, 0.05) is 46.6 Å². The Morgan fingerprint density at radius 1 is 1.18 bits per heavy atom. The summed E-state index contributed by atoms with van der Waals surface area (Å²) in [7, 11) is 0. The number of amides is 2. The van der Waals surface area contributed by atoms with E-state index in [0.717, 1.165) is 59.7 Å². The summed E-state index contributed by atoms with van der Waals surface area (Å²) in [6.07, 6.45) is 4.85. The number of nitrogens with zero attached hydrogens (tertiary/aromatic N) is 2. The van der Waals surface area contributed by atoms with E-state index in [1.165, 1.54) is 0 Å². The van der Waals surface area contributed by atoms with Crippen LogP contribution in [0, 0.1) is 12.8 Å². The van der Waals surface area contributed by atoms with E-state index in [0.29, 0.717) is 19.6 Å². The molecule has 1 N–H and O–H groups in total. The zero-order valence-corrected chi connectivity index (χ0v) is 18.4. The second-order valence-corrected chi connectivity index (χ2v) is 8.45. The maximum absolute atomic E-state index is 12.9. The Morgan fingerprint density at radius 3 is 2.61 bits per heavy atom. The van der Waals surface area contributed by atoms with Gasteiger partial charge in [-0.25, -0.2) is 0 Å². The third-order valence-electron chi connectivity index (χ3n) is 5.75. The number of carbonyl (C=O) groups excluding carboxylic acids is 2. The van der Waals surface area contributed by atoms with Crippen molar-refractivity contribution in [3.05, 3.63) is 34.4 Å². The molecule has 0 radical (unpaired) electrons. The lowest BCUT2D eigenvalue weighted by Gasteiger charge is -2.31. The van der Waals surface area contributed by atoms with Crippen LogP contribution in [0.4, 0.5) is 0 Å². The van der Waals surface area contributed by atoms with Crippen LogP contribution < -0.4 is 5.32 Å².